The van der Waals surface area contributed by atoms with Crippen LogP contribution in [0.25, 0.3) is 0 Å². The number of ether oxygens (including phenoxy) is 2. The van der Waals surface area contributed by atoms with Crippen LogP contribution in [0.15, 0.2) is 24.3 Å². The first kappa shape index (κ1) is 13.6. The van der Waals surface area contributed by atoms with Gasteiger partial charge in [-0.25, -0.2) is 4.39 Å². The first-order valence-electron chi connectivity index (χ1n) is 5.56. The highest BCUT2D eigenvalue weighted by Crippen LogP contribution is 2.25. The molecule has 2 atom stereocenters. The average molecular weight is 240 g/mol. The largest absolute Gasteiger partial charge is 0.460 e. The lowest BCUT2D eigenvalue weighted by atomic mass is 10.0. The van der Waals surface area contributed by atoms with Crippen LogP contribution in [0.2, 0.25) is 0 Å². The maximum Gasteiger partial charge on any atom is 0.305 e. The summed E-state index contributed by atoms with van der Waals surface area (Å²) in [6.07, 6.45) is -0.825. The van der Waals surface area contributed by atoms with Crippen molar-refractivity contribution in [1.29, 1.82) is 0 Å². The number of hydrogen-bond donors (Lipinski definition) is 0. The van der Waals surface area contributed by atoms with E-state index in [0.29, 0.717) is 5.56 Å². The van der Waals surface area contributed by atoms with Crippen LogP contribution in [0, 0.1) is 5.82 Å². The SMILES string of the molecule is CCC(=O)O[C@@H](C)[C@@H](OC)c1ccccc1F. The van der Waals surface area contributed by atoms with E-state index in [0.717, 1.165) is 0 Å². The zero-order valence-corrected chi connectivity index (χ0v) is 10.3. The summed E-state index contributed by atoms with van der Waals surface area (Å²) < 4.78 is 23.9. The number of halogens is 1. The van der Waals surface area contributed by atoms with Gasteiger partial charge in [0.15, 0.2) is 0 Å². The Morgan fingerprint density at radius 1 is 1.41 bits per heavy atom. The van der Waals surface area contributed by atoms with Gasteiger partial charge in [0.1, 0.15) is 18.0 Å². The van der Waals surface area contributed by atoms with Gasteiger partial charge in [-0.3, -0.25) is 4.79 Å². The van der Waals surface area contributed by atoms with Crippen LogP contribution >= 0.6 is 0 Å². The summed E-state index contributed by atoms with van der Waals surface area (Å²) >= 11 is 0. The summed E-state index contributed by atoms with van der Waals surface area (Å²) in [4.78, 5) is 11.2. The standard InChI is InChI=1S/C13H17FO3/c1-4-12(15)17-9(2)13(16-3)10-7-5-6-8-11(10)14/h5-9,13H,4H2,1-3H3/t9-,13+/m0/s1. The lowest BCUT2D eigenvalue weighted by Gasteiger charge is -2.23. The van der Waals surface area contributed by atoms with E-state index in [-0.39, 0.29) is 18.2 Å². The number of hydrogen-bond acceptors (Lipinski definition) is 3. The third-order valence-electron chi connectivity index (χ3n) is 2.50. The van der Waals surface area contributed by atoms with Crippen molar-refractivity contribution in [3.05, 3.63) is 35.6 Å². The van der Waals surface area contributed by atoms with Gasteiger partial charge in [0.05, 0.1) is 0 Å². The minimum atomic E-state index is -0.591. The molecule has 0 bridgehead atoms. The summed E-state index contributed by atoms with van der Waals surface area (Å²) in [5.41, 5.74) is 0.395. The van der Waals surface area contributed by atoms with Gasteiger partial charge in [-0.1, -0.05) is 25.1 Å². The van der Waals surface area contributed by atoms with Crippen LogP contribution in [0.5, 0.6) is 0 Å². The smallest absolute Gasteiger partial charge is 0.305 e. The van der Waals surface area contributed by atoms with Crippen LogP contribution < -0.4 is 0 Å². The molecule has 0 fully saturated rings. The van der Waals surface area contributed by atoms with Crippen molar-refractivity contribution in [2.24, 2.45) is 0 Å². The molecule has 0 aromatic heterocycles. The Kier molecular flexibility index (Phi) is 5.10. The molecule has 0 saturated carbocycles. The Morgan fingerprint density at radius 2 is 2.06 bits per heavy atom. The topological polar surface area (TPSA) is 35.5 Å². The van der Waals surface area contributed by atoms with E-state index in [1.807, 2.05) is 0 Å². The second-order valence-corrected chi connectivity index (χ2v) is 3.73. The van der Waals surface area contributed by atoms with E-state index in [1.165, 1.54) is 13.2 Å². The van der Waals surface area contributed by atoms with Crippen molar-refractivity contribution in [1.82, 2.24) is 0 Å². The molecule has 0 aliphatic rings. The molecule has 0 amide bonds. The number of carbonyl (C=O) groups is 1. The first-order chi connectivity index (χ1) is 8.10. The summed E-state index contributed by atoms with van der Waals surface area (Å²) in [5.74, 6) is -0.686. The molecular formula is C13H17FO3. The molecule has 0 radical (unpaired) electrons. The maximum absolute atomic E-state index is 13.6. The molecule has 0 aliphatic carbocycles. The molecule has 94 valence electrons. The third-order valence-corrected chi connectivity index (χ3v) is 2.50. The predicted molar refractivity (Wildman–Crippen MR) is 62.0 cm³/mol. The Balaban J connectivity index is 2.84. The molecule has 0 N–H and O–H groups in total. The molecule has 1 rings (SSSR count). The van der Waals surface area contributed by atoms with E-state index in [4.69, 9.17) is 9.47 Å². The molecule has 3 nitrogen and oxygen atoms in total. The zero-order chi connectivity index (χ0) is 12.8. The van der Waals surface area contributed by atoms with Crippen LogP contribution in [0.4, 0.5) is 4.39 Å². The molecule has 4 heteroatoms. The fourth-order valence-electron chi connectivity index (χ4n) is 1.63. The number of benzene rings is 1. The molecule has 0 unspecified atom stereocenters. The summed E-state index contributed by atoms with van der Waals surface area (Å²) in [6.45, 7) is 3.40. The lowest BCUT2D eigenvalue weighted by Crippen LogP contribution is -2.24. The van der Waals surface area contributed by atoms with Gasteiger partial charge in [-0.05, 0) is 13.0 Å². The maximum atomic E-state index is 13.6. The van der Waals surface area contributed by atoms with E-state index in [2.05, 4.69) is 0 Å². The van der Waals surface area contributed by atoms with E-state index in [9.17, 15) is 9.18 Å². The molecule has 17 heavy (non-hydrogen) atoms. The minimum absolute atomic E-state index is 0.290. The Morgan fingerprint density at radius 3 is 2.59 bits per heavy atom. The monoisotopic (exact) mass is 240 g/mol. The highest BCUT2D eigenvalue weighted by Gasteiger charge is 2.24. The highest BCUT2D eigenvalue weighted by atomic mass is 19.1. The number of rotatable bonds is 5. The van der Waals surface area contributed by atoms with Gasteiger partial charge in [-0.15, -0.1) is 0 Å². The molecule has 0 aliphatic heterocycles. The van der Waals surface area contributed by atoms with Gasteiger partial charge < -0.3 is 9.47 Å². The van der Waals surface area contributed by atoms with Crippen molar-refractivity contribution >= 4 is 5.97 Å². The van der Waals surface area contributed by atoms with Crippen molar-refractivity contribution in [3.63, 3.8) is 0 Å². The second kappa shape index (κ2) is 6.35. The Hall–Kier alpha value is -1.42. The fraction of sp³-hybridized carbons (Fsp3) is 0.462. The molecule has 0 spiro atoms. The third kappa shape index (κ3) is 3.53. The van der Waals surface area contributed by atoms with Gasteiger partial charge in [0.2, 0.25) is 0 Å². The summed E-state index contributed by atoms with van der Waals surface area (Å²) in [5, 5.41) is 0. The fourth-order valence-corrected chi connectivity index (χ4v) is 1.63. The Labute approximate surface area is 101 Å². The van der Waals surface area contributed by atoms with Crippen LogP contribution in [-0.4, -0.2) is 19.2 Å². The molecule has 1 aromatic rings. The van der Waals surface area contributed by atoms with Crippen molar-refractivity contribution in [2.75, 3.05) is 7.11 Å². The zero-order valence-electron chi connectivity index (χ0n) is 10.3. The normalized spacial score (nSPS) is 14.1. The van der Waals surface area contributed by atoms with Crippen LogP contribution in [0.1, 0.15) is 31.9 Å². The van der Waals surface area contributed by atoms with Crippen LogP contribution in [-0.2, 0) is 14.3 Å². The molecule has 0 saturated heterocycles. The minimum Gasteiger partial charge on any atom is -0.460 e. The van der Waals surface area contributed by atoms with Gasteiger partial charge in [0, 0.05) is 19.1 Å². The first-order valence-corrected chi connectivity index (χ1v) is 5.56. The summed E-state index contributed by atoms with van der Waals surface area (Å²) in [7, 11) is 1.47. The van der Waals surface area contributed by atoms with Crippen LogP contribution in [0.3, 0.4) is 0 Å². The predicted octanol–water partition coefficient (Wildman–Crippen LogP) is 2.85. The van der Waals surface area contributed by atoms with E-state index < -0.39 is 12.2 Å². The van der Waals surface area contributed by atoms with Crippen molar-refractivity contribution < 1.29 is 18.7 Å². The Bertz CT molecular complexity index is 379. The number of carbonyl (C=O) groups excluding carboxylic acids is 1. The summed E-state index contributed by atoms with van der Waals surface area (Å²) in [6, 6.07) is 6.31. The highest BCUT2D eigenvalue weighted by molar-refractivity contribution is 5.69. The van der Waals surface area contributed by atoms with E-state index in [1.54, 1.807) is 32.0 Å². The van der Waals surface area contributed by atoms with Gasteiger partial charge in [0.25, 0.3) is 0 Å². The molecule has 0 heterocycles. The van der Waals surface area contributed by atoms with E-state index >= 15 is 0 Å². The van der Waals surface area contributed by atoms with Gasteiger partial charge in [-0.2, -0.15) is 0 Å². The number of methoxy groups -OCH3 is 1. The average Bonchev–Trinajstić information content (AvgIpc) is 2.32. The second-order valence-electron chi connectivity index (χ2n) is 3.73. The molecular weight excluding hydrogens is 223 g/mol. The van der Waals surface area contributed by atoms with Gasteiger partial charge >= 0.3 is 5.97 Å². The molecule has 1 aromatic carbocycles. The van der Waals surface area contributed by atoms with Crippen molar-refractivity contribution in [2.45, 2.75) is 32.5 Å². The van der Waals surface area contributed by atoms with Crippen molar-refractivity contribution in [3.8, 4) is 0 Å². The quantitative estimate of drug-likeness (QED) is 0.742. The number of esters is 1. The lowest BCUT2D eigenvalue weighted by molar-refractivity contribution is -0.154.